The molecule has 1 aliphatic rings. The molecule has 1 aliphatic carbocycles. The Morgan fingerprint density at radius 2 is 2.00 bits per heavy atom. The van der Waals surface area contributed by atoms with Gasteiger partial charge in [0.15, 0.2) is 0 Å². The lowest BCUT2D eigenvalue weighted by Gasteiger charge is -2.13. The van der Waals surface area contributed by atoms with E-state index in [4.69, 9.17) is 9.84 Å². The second-order valence-electron chi connectivity index (χ2n) is 4.94. The van der Waals surface area contributed by atoms with E-state index in [1.54, 1.807) is 0 Å². The minimum atomic E-state index is -1.10. The lowest BCUT2D eigenvalue weighted by Crippen LogP contribution is -2.21. The molecule has 0 spiro atoms. The van der Waals surface area contributed by atoms with Gasteiger partial charge in [-0.1, -0.05) is 24.3 Å². The number of hydrogen-bond acceptors (Lipinski definition) is 5. The van der Waals surface area contributed by atoms with Crippen molar-refractivity contribution in [3.05, 3.63) is 47.2 Å². The molecular weight excluding hydrogens is 270 g/mol. The molecule has 0 saturated carbocycles. The fraction of sp³-hybridized carbons (Fsp3) is 0.267. The van der Waals surface area contributed by atoms with E-state index in [-0.39, 0.29) is 17.5 Å². The lowest BCUT2D eigenvalue weighted by atomic mass is 10.1. The van der Waals surface area contributed by atoms with Gasteiger partial charge in [-0.25, -0.2) is 9.78 Å². The Bertz CT molecular complexity index is 663. The van der Waals surface area contributed by atoms with Gasteiger partial charge in [0.2, 0.25) is 11.8 Å². The van der Waals surface area contributed by atoms with E-state index in [9.17, 15) is 4.79 Å². The molecular formula is C15H15N3O3. The number of anilines is 1. The number of aromatic nitrogens is 2. The number of carbonyl (C=O) groups is 1. The van der Waals surface area contributed by atoms with Gasteiger partial charge in [-0.05, 0) is 24.0 Å². The number of fused-ring (bicyclic) bond motifs is 1. The summed E-state index contributed by atoms with van der Waals surface area (Å²) in [5.74, 6) is -0.656. The Labute approximate surface area is 121 Å². The highest BCUT2D eigenvalue weighted by Crippen LogP contribution is 2.24. The molecule has 0 atom stereocenters. The molecule has 0 radical (unpaired) electrons. The summed E-state index contributed by atoms with van der Waals surface area (Å²) in [6, 6.07) is 8.51. The van der Waals surface area contributed by atoms with Crippen LogP contribution in [0.15, 0.2) is 30.5 Å². The molecule has 0 unspecified atom stereocenters. The minimum absolute atomic E-state index is 0.0437. The predicted octanol–water partition coefficient (Wildman–Crippen LogP) is 1.76. The molecule has 21 heavy (non-hydrogen) atoms. The van der Waals surface area contributed by atoms with Crippen molar-refractivity contribution in [2.24, 2.45) is 0 Å². The van der Waals surface area contributed by atoms with Crippen LogP contribution in [0.5, 0.6) is 5.88 Å². The van der Waals surface area contributed by atoms with Gasteiger partial charge in [0, 0.05) is 6.04 Å². The Kier molecular flexibility index (Phi) is 3.43. The van der Waals surface area contributed by atoms with Crippen molar-refractivity contribution in [3.8, 4) is 5.88 Å². The standard InChI is InChI=1S/C15H15N3O3/c1-21-13-12(14(19)20)8-16-15(18-13)17-11-6-9-4-2-3-5-10(9)7-11/h2-5,8,11H,6-7H2,1H3,(H,19,20)(H,16,17,18). The van der Waals surface area contributed by atoms with Gasteiger partial charge in [-0.15, -0.1) is 0 Å². The first-order chi connectivity index (χ1) is 10.2. The molecule has 2 aromatic rings. The molecule has 1 heterocycles. The maximum Gasteiger partial charge on any atom is 0.342 e. The zero-order valence-electron chi connectivity index (χ0n) is 11.5. The number of benzene rings is 1. The van der Waals surface area contributed by atoms with E-state index < -0.39 is 5.97 Å². The van der Waals surface area contributed by atoms with E-state index >= 15 is 0 Å². The van der Waals surface area contributed by atoms with Crippen LogP contribution in [0.3, 0.4) is 0 Å². The zero-order valence-corrected chi connectivity index (χ0v) is 11.5. The van der Waals surface area contributed by atoms with E-state index in [0.29, 0.717) is 5.95 Å². The normalized spacial score (nSPS) is 13.8. The smallest absolute Gasteiger partial charge is 0.342 e. The van der Waals surface area contributed by atoms with Crippen molar-refractivity contribution in [2.75, 3.05) is 12.4 Å². The number of ether oxygens (including phenoxy) is 1. The van der Waals surface area contributed by atoms with E-state index in [1.807, 2.05) is 12.1 Å². The second-order valence-corrected chi connectivity index (χ2v) is 4.94. The van der Waals surface area contributed by atoms with Crippen molar-refractivity contribution in [2.45, 2.75) is 18.9 Å². The van der Waals surface area contributed by atoms with Crippen molar-refractivity contribution >= 4 is 11.9 Å². The molecule has 108 valence electrons. The van der Waals surface area contributed by atoms with E-state index in [0.717, 1.165) is 12.8 Å². The Hall–Kier alpha value is -2.63. The second kappa shape index (κ2) is 5.40. The van der Waals surface area contributed by atoms with Crippen molar-refractivity contribution in [1.82, 2.24) is 9.97 Å². The summed E-state index contributed by atoms with van der Waals surface area (Å²) in [6.07, 6.45) is 3.07. The Morgan fingerprint density at radius 1 is 1.33 bits per heavy atom. The molecule has 0 bridgehead atoms. The van der Waals surface area contributed by atoms with Crippen LogP contribution < -0.4 is 10.1 Å². The number of hydrogen-bond donors (Lipinski definition) is 2. The SMILES string of the molecule is COc1nc(NC2Cc3ccccc3C2)ncc1C(=O)O. The fourth-order valence-corrected chi connectivity index (χ4v) is 2.58. The third-order valence-electron chi connectivity index (χ3n) is 3.56. The summed E-state index contributed by atoms with van der Waals surface area (Å²) in [4.78, 5) is 19.2. The summed E-state index contributed by atoms with van der Waals surface area (Å²) in [5.41, 5.74) is 2.60. The third-order valence-corrected chi connectivity index (χ3v) is 3.56. The van der Waals surface area contributed by atoms with Crippen molar-refractivity contribution in [3.63, 3.8) is 0 Å². The summed E-state index contributed by atoms with van der Waals surface area (Å²) >= 11 is 0. The summed E-state index contributed by atoms with van der Waals surface area (Å²) < 4.78 is 5.00. The quantitative estimate of drug-likeness (QED) is 0.890. The molecule has 6 nitrogen and oxygen atoms in total. The molecule has 0 fully saturated rings. The maximum absolute atomic E-state index is 11.0. The minimum Gasteiger partial charge on any atom is -0.480 e. The molecule has 6 heteroatoms. The number of methoxy groups -OCH3 is 1. The lowest BCUT2D eigenvalue weighted by molar-refractivity contribution is 0.0692. The van der Waals surface area contributed by atoms with Crippen molar-refractivity contribution < 1.29 is 14.6 Å². The molecule has 1 aromatic carbocycles. The van der Waals surface area contributed by atoms with Crippen LogP contribution in [0, 0.1) is 0 Å². The predicted molar refractivity (Wildman–Crippen MR) is 76.8 cm³/mol. The number of carboxylic acids is 1. The Morgan fingerprint density at radius 3 is 2.57 bits per heavy atom. The highest BCUT2D eigenvalue weighted by molar-refractivity contribution is 5.89. The monoisotopic (exact) mass is 285 g/mol. The number of nitrogens with one attached hydrogen (secondary N) is 1. The molecule has 0 saturated heterocycles. The van der Waals surface area contributed by atoms with Gasteiger partial charge in [-0.3, -0.25) is 0 Å². The van der Waals surface area contributed by atoms with E-state index in [1.165, 1.54) is 24.4 Å². The molecule has 0 amide bonds. The molecule has 0 aliphatic heterocycles. The number of nitrogens with zero attached hydrogens (tertiary/aromatic N) is 2. The van der Waals surface area contributed by atoms with E-state index in [2.05, 4.69) is 27.4 Å². The van der Waals surface area contributed by atoms with Crippen LogP contribution in [0.25, 0.3) is 0 Å². The van der Waals surface area contributed by atoms with Crippen LogP contribution in [-0.4, -0.2) is 34.2 Å². The maximum atomic E-state index is 11.0. The van der Waals surface area contributed by atoms with Gasteiger partial charge < -0.3 is 15.2 Å². The van der Waals surface area contributed by atoms with Crippen molar-refractivity contribution in [1.29, 1.82) is 0 Å². The van der Waals surface area contributed by atoms with Crippen LogP contribution in [0.1, 0.15) is 21.5 Å². The molecule has 3 rings (SSSR count). The Balaban J connectivity index is 1.76. The molecule has 1 aromatic heterocycles. The number of rotatable bonds is 4. The zero-order chi connectivity index (χ0) is 14.8. The average molecular weight is 285 g/mol. The van der Waals surface area contributed by atoms with Crippen LogP contribution in [0.2, 0.25) is 0 Å². The van der Waals surface area contributed by atoms with Crippen LogP contribution in [0.4, 0.5) is 5.95 Å². The largest absolute Gasteiger partial charge is 0.480 e. The highest BCUT2D eigenvalue weighted by Gasteiger charge is 2.22. The first-order valence-electron chi connectivity index (χ1n) is 6.65. The topological polar surface area (TPSA) is 84.3 Å². The third kappa shape index (κ3) is 2.65. The van der Waals surface area contributed by atoms with Crippen LogP contribution >= 0.6 is 0 Å². The van der Waals surface area contributed by atoms with Gasteiger partial charge >= 0.3 is 5.97 Å². The average Bonchev–Trinajstić information content (AvgIpc) is 2.88. The van der Waals surface area contributed by atoms with Gasteiger partial charge in [0.05, 0.1) is 13.3 Å². The number of carboxylic acid groups (broad SMARTS) is 1. The van der Waals surface area contributed by atoms with Gasteiger partial charge in [0.1, 0.15) is 5.56 Å². The summed E-state index contributed by atoms with van der Waals surface area (Å²) in [6.45, 7) is 0. The summed E-state index contributed by atoms with van der Waals surface area (Å²) in [7, 11) is 1.39. The first kappa shape index (κ1) is 13.4. The number of aromatic carboxylic acids is 1. The van der Waals surface area contributed by atoms with Crippen LogP contribution in [-0.2, 0) is 12.8 Å². The fourth-order valence-electron chi connectivity index (χ4n) is 2.58. The first-order valence-corrected chi connectivity index (χ1v) is 6.65. The van der Waals surface area contributed by atoms with Gasteiger partial charge in [-0.2, -0.15) is 4.98 Å². The highest BCUT2D eigenvalue weighted by atomic mass is 16.5. The van der Waals surface area contributed by atoms with Gasteiger partial charge in [0.25, 0.3) is 0 Å². The summed E-state index contributed by atoms with van der Waals surface area (Å²) in [5, 5.41) is 12.2. The molecule has 2 N–H and O–H groups in total.